The van der Waals surface area contributed by atoms with Gasteiger partial charge < -0.3 is 0 Å². The van der Waals surface area contributed by atoms with Gasteiger partial charge in [0, 0.05) is 41.1 Å². The van der Waals surface area contributed by atoms with Crippen molar-refractivity contribution in [3.8, 4) is 11.1 Å². The number of rotatable bonds is 3. The Kier molecular flexibility index (Phi) is 2.80. The maximum atomic E-state index is 2.34. The van der Waals surface area contributed by atoms with Gasteiger partial charge in [0.2, 0.25) is 0 Å². The Hall–Kier alpha value is -1.64. The summed E-state index contributed by atoms with van der Waals surface area (Å²) in [7, 11) is 0. The van der Waals surface area contributed by atoms with Gasteiger partial charge in [-0.15, -0.1) is 22.7 Å². The van der Waals surface area contributed by atoms with Gasteiger partial charge in [-0.05, 0) is 49.7 Å². The minimum absolute atomic E-state index is 0.808. The molecule has 2 aromatic heterocycles. The Bertz CT molecular complexity index is 986. The highest BCUT2D eigenvalue weighted by Gasteiger charge is 2.35. The van der Waals surface area contributed by atoms with Crippen molar-refractivity contribution < 1.29 is 0 Å². The molecule has 0 aliphatic heterocycles. The van der Waals surface area contributed by atoms with Crippen LogP contribution in [0.5, 0.6) is 0 Å². The fourth-order valence-electron chi connectivity index (χ4n) is 3.91. The van der Waals surface area contributed by atoms with Crippen LogP contribution in [0.3, 0.4) is 0 Å². The largest absolute Gasteiger partial charge is 0.139 e. The molecule has 0 bridgehead atoms. The number of hydrogen-bond donors (Lipinski definition) is 0. The zero-order valence-electron chi connectivity index (χ0n) is 13.4. The lowest BCUT2D eigenvalue weighted by Gasteiger charge is -2.07. The smallest absolute Gasteiger partial charge is 0.0352 e. The highest BCUT2D eigenvalue weighted by atomic mass is 32.1. The molecule has 0 amide bonds. The van der Waals surface area contributed by atoms with Crippen LogP contribution in [0.25, 0.3) is 31.3 Å². The lowest BCUT2D eigenvalue weighted by Crippen LogP contribution is -1.85. The number of benzene rings is 2. The van der Waals surface area contributed by atoms with Gasteiger partial charge >= 0.3 is 0 Å². The molecule has 0 radical (unpaired) electrons. The molecule has 2 saturated carbocycles. The van der Waals surface area contributed by atoms with Crippen molar-refractivity contribution in [2.75, 3.05) is 0 Å². The lowest BCUT2D eigenvalue weighted by atomic mass is 9.96. The van der Waals surface area contributed by atoms with E-state index in [1.807, 2.05) is 22.7 Å². The molecule has 0 spiro atoms. The first-order valence-electron chi connectivity index (χ1n) is 8.93. The molecule has 118 valence electrons. The third-order valence-corrected chi connectivity index (χ3v) is 8.06. The van der Waals surface area contributed by atoms with Crippen LogP contribution in [0.4, 0.5) is 0 Å². The molecule has 0 nitrogen and oxygen atoms in total. The van der Waals surface area contributed by atoms with Gasteiger partial charge in [0.15, 0.2) is 0 Å². The summed E-state index contributed by atoms with van der Waals surface area (Å²) in [5, 5.41) is 2.96. The van der Waals surface area contributed by atoms with E-state index in [0.717, 1.165) is 11.8 Å². The SMILES string of the molecule is c1ccc2c(-c3c(C4CC4)sc4ccccc34)c(C3CC3)sc2c1. The molecular formula is C22H18S2. The summed E-state index contributed by atoms with van der Waals surface area (Å²) >= 11 is 4.09. The first-order chi connectivity index (χ1) is 11.9. The Morgan fingerprint density at radius 3 is 1.42 bits per heavy atom. The highest BCUT2D eigenvalue weighted by Crippen LogP contribution is 2.57. The van der Waals surface area contributed by atoms with Gasteiger partial charge in [0.1, 0.15) is 0 Å². The summed E-state index contributed by atoms with van der Waals surface area (Å²) in [5.41, 5.74) is 3.16. The monoisotopic (exact) mass is 346 g/mol. The fourth-order valence-corrected chi connectivity index (χ4v) is 6.67. The molecule has 24 heavy (non-hydrogen) atoms. The lowest BCUT2D eigenvalue weighted by molar-refractivity contribution is 1.17. The molecule has 0 saturated heterocycles. The van der Waals surface area contributed by atoms with Crippen LogP contribution in [0.2, 0.25) is 0 Å². The second-order valence-corrected chi connectivity index (χ2v) is 9.39. The maximum absolute atomic E-state index is 2.34. The van der Waals surface area contributed by atoms with E-state index in [1.165, 1.54) is 45.9 Å². The molecule has 6 rings (SSSR count). The molecular weight excluding hydrogens is 328 g/mol. The normalized spacial score (nSPS) is 17.8. The summed E-state index contributed by atoms with van der Waals surface area (Å²) in [4.78, 5) is 3.31. The highest BCUT2D eigenvalue weighted by molar-refractivity contribution is 7.21. The number of thiophene rings is 2. The van der Waals surface area contributed by atoms with Crippen molar-refractivity contribution in [1.29, 1.82) is 0 Å². The van der Waals surface area contributed by atoms with Crippen LogP contribution in [0, 0.1) is 0 Å². The third kappa shape index (κ3) is 1.96. The molecule has 2 aromatic carbocycles. The van der Waals surface area contributed by atoms with Crippen LogP contribution in [0.1, 0.15) is 47.3 Å². The fraction of sp³-hybridized carbons (Fsp3) is 0.273. The molecule has 2 heteroatoms. The van der Waals surface area contributed by atoms with Crippen molar-refractivity contribution in [1.82, 2.24) is 0 Å². The van der Waals surface area contributed by atoms with E-state index >= 15 is 0 Å². The number of fused-ring (bicyclic) bond motifs is 2. The zero-order chi connectivity index (χ0) is 15.7. The Morgan fingerprint density at radius 1 is 0.583 bits per heavy atom. The zero-order valence-corrected chi connectivity index (χ0v) is 15.1. The summed E-state index contributed by atoms with van der Waals surface area (Å²) in [6.07, 6.45) is 5.50. The Morgan fingerprint density at radius 2 is 1.00 bits per heavy atom. The van der Waals surface area contributed by atoms with Crippen LogP contribution in [-0.4, -0.2) is 0 Å². The van der Waals surface area contributed by atoms with Crippen molar-refractivity contribution in [3.63, 3.8) is 0 Å². The predicted octanol–water partition coefficient (Wildman–Crippen LogP) is 7.54. The van der Waals surface area contributed by atoms with E-state index in [2.05, 4.69) is 48.5 Å². The van der Waals surface area contributed by atoms with Gasteiger partial charge in [-0.25, -0.2) is 0 Å². The molecule has 2 aliphatic carbocycles. The Labute approximate surface area is 149 Å². The van der Waals surface area contributed by atoms with E-state index in [9.17, 15) is 0 Å². The van der Waals surface area contributed by atoms with Crippen LogP contribution >= 0.6 is 22.7 Å². The van der Waals surface area contributed by atoms with E-state index < -0.39 is 0 Å². The van der Waals surface area contributed by atoms with Gasteiger partial charge in [-0.1, -0.05) is 36.4 Å². The Balaban J connectivity index is 1.75. The van der Waals surface area contributed by atoms with E-state index in [0.29, 0.717) is 0 Å². The quantitative estimate of drug-likeness (QED) is 0.359. The average Bonchev–Trinajstić information content (AvgIpc) is 3.54. The minimum atomic E-state index is 0.808. The van der Waals surface area contributed by atoms with E-state index in [-0.39, 0.29) is 0 Å². The minimum Gasteiger partial charge on any atom is -0.139 e. The first-order valence-corrected chi connectivity index (χ1v) is 10.6. The van der Waals surface area contributed by atoms with Gasteiger partial charge in [-0.3, -0.25) is 0 Å². The van der Waals surface area contributed by atoms with Crippen molar-refractivity contribution >= 4 is 42.8 Å². The van der Waals surface area contributed by atoms with Gasteiger partial charge in [0.25, 0.3) is 0 Å². The molecule has 0 N–H and O–H groups in total. The van der Waals surface area contributed by atoms with Crippen LogP contribution in [0.15, 0.2) is 48.5 Å². The standard InChI is InChI=1S/C22H18S2/c1-3-7-17-15(5-1)19(21(23-17)13-9-10-13)20-16-6-2-4-8-18(16)24-22(20)14-11-12-14/h1-8,13-14H,9-12H2. The summed E-state index contributed by atoms with van der Waals surface area (Å²) in [6.45, 7) is 0. The molecule has 0 unspecified atom stereocenters. The molecule has 2 fully saturated rings. The predicted molar refractivity (Wildman–Crippen MR) is 107 cm³/mol. The molecule has 0 atom stereocenters. The van der Waals surface area contributed by atoms with Crippen LogP contribution in [-0.2, 0) is 0 Å². The molecule has 2 heterocycles. The van der Waals surface area contributed by atoms with Gasteiger partial charge in [0.05, 0.1) is 0 Å². The van der Waals surface area contributed by atoms with E-state index in [4.69, 9.17) is 0 Å². The molecule has 4 aromatic rings. The first kappa shape index (κ1) is 13.6. The maximum Gasteiger partial charge on any atom is 0.0352 e. The van der Waals surface area contributed by atoms with Crippen molar-refractivity contribution in [2.45, 2.75) is 37.5 Å². The van der Waals surface area contributed by atoms with Crippen molar-refractivity contribution in [3.05, 3.63) is 58.3 Å². The summed E-state index contributed by atoms with van der Waals surface area (Å²) < 4.78 is 2.93. The second kappa shape index (κ2) is 4.93. The number of hydrogen-bond acceptors (Lipinski definition) is 2. The third-order valence-electron chi connectivity index (χ3n) is 5.39. The second-order valence-electron chi connectivity index (χ2n) is 7.22. The van der Waals surface area contributed by atoms with E-state index in [1.54, 1.807) is 20.9 Å². The summed E-state index contributed by atoms with van der Waals surface area (Å²) in [5.74, 6) is 1.62. The molecule has 2 aliphatic rings. The summed E-state index contributed by atoms with van der Waals surface area (Å²) in [6, 6.07) is 18.1. The van der Waals surface area contributed by atoms with Crippen LogP contribution < -0.4 is 0 Å². The average molecular weight is 347 g/mol. The van der Waals surface area contributed by atoms with Gasteiger partial charge in [-0.2, -0.15) is 0 Å². The topological polar surface area (TPSA) is 0 Å². The van der Waals surface area contributed by atoms with Crippen molar-refractivity contribution in [2.24, 2.45) is 0 Å².